The normalized spacial score (nSPS) is 10.9. The first-order chi connectivity index (χ1) is 7.48. The minimum absolute atomic E-state index is 0. The van der Waals surface area contributed by atoms with Crippen molar-refractivity contribution in [3.63, 3.8) is 0 Å². The minimum atomic E-state index is -4.25. The van der Waals surface area contributed by atoms with Crippen molar-refractivity contribution in [1.82, 2.24) is 9.97 Å². The zero-order chi connectivity index (χ0) is 11.8. The quantitative estimate of drug-likeness (QED) is 0.364. The number of H-pyrrole nitrogens is 1. The van der Waals surface area contributed by atoms with Crippen LogP contribution >= 0.6 is 12.6 Å². The number of benzene rings is 1. The molecule has 1 aromatic carbocycles. The van der Waals surface area contributed by atoms with Crippen LogP contribution in [0.15, 0.2) is 40.4 Å². The first-order valence-corrected chi connectivity index (χ1v) is 6.18. The van der Waals surface area contributed by atoms with Crippen LogP contribution in [0.5, 0.6) is 0 Å². The molecule has 0 saturated carbocycles. The molecule has 0 spiro atoms. The zero-order valence-corrected chi connectivity index (χ0v) is 12.7. The van der Waals surface area contributed by atoms with Gasteiger partial charge in [-0.3, -0.25) is 4.55 Å². The van der Waals surface area contributed by atoms with Gasteiger partial charge >= 0.3 is 39.7 Å². The Morgan fingerprint density at radius 1 is 1.35 bits per heavy atom. The van der Waals surface area contributed by atoms with Gasteiger partial charge in [0.05, 0.1) is 6.20 Å². The van der Waals surface area contributed by atoms with E-state index in [1.165, 1.54) is 0 Å². The Bertz CT molecular complexity index is 630. The predicted octanol–water partition coefficient (Wildman–Crippen LogP) is -1.27. The summed E-state index contributed by atoms with van der Waals surface area (Å²) in [6, 6.07) is 7.09. The smallest absolute Gasteiger partial charge is 1.00 e. The summed E-state index contributed by atoms with van der Waals surface area (Å²) < 4.78 is 30.5. The Morgan fingerprint density at radius 2 is 2.00 bits per heavy atom. The Labute approximate surface area is 128 Å². The predicted molar refractivity (Wildman–Crippen MR) is 62.2 cm³/mol. The molecule has 1 heterocycles. The fourth-order valence-electron chi connectivity index (χ4n) is 1.25. The Kier molecular flexibility index (Phi) is 4.82. The molecule has 0 fully saturated rings. The third kappa shape index (κ3) is 3.34. The van der Waals surface area contributed by atoms with Crippen molar-refractivity contribution in [2.75, 3.05) is 0 Å². The van der Waals surface area contributed by atoms with Crippen molar-refractivity contribution in [3.8, 4) is 11.4 Å². The Hall–Kier alpha value is -0.310. The third-order valence-corrected chi connectivity index (χ3v) is 3.14. The van der Waals surface area contributed by atoms with E-state index in [1.807, 2.05) is 0 Å². The maximum absolute atomic E-state index is 10.8. The number of hydrogen-bond donors (Lipinski definition) is 3. The van der Waals surface area contributed by atoms with Gasteiger partial charge in [0.2, 0.25) is 0 Å². The molecule has 5 nitrogen and oxygen atoms in total. The standard InChI is InChI=1S/C9H8N2O3S2.Na.H/c12-16(13,14)8-5-10-9(11-8)6-3-1-2-4-7(6)15;;/h1-5,15H,(H,10,11)(H,12,13,14);;/q;+1;-1. The molecule has 0 amide bonds. The molecule has 2 aromatic rings. The first kappa shape index (κ1) is 14.7. The Balaban J connectivity index is 0.00000144. The fourth-order valence-corrected chi connectivity index (χ4v) is 1.92. The summed E-state index contributed by atoms with van der Waals surface area (Å²) in [5, 5.41) is -0.334. The molecule has 0 aliphatic rings. The summed E-state index contributed by atoms with van der Waals surface area (Å²) in [7, 11) is -4.25. The second kappa shape index (κ2) is 5.55. The van der Waals surface area contributed by atoms with Gasteiger partial charge in [0.15, 0.2) is 5.03 Å². The second-order valence-corrected chi connectivity index (χ2v) is 4.96. The molecular formula is C9H9N2NaO3S2. The van der Waals surface area contributed by atoms with Crippen molar-refractivity contribution in [1.29, 1.82) is 0 Å². The van der Waals surface area contributed by atoms with Gasteiger partial charge in [-0.15, -0.1) is 12.6 Å². The number of aromatic nitrogens is 2. The van der Waals surface area contributed by atoms with Crippen LogP contribution < -0.4 is 29.6 Å². The summed E-state index contributed by atoms with van der Waals surface area (Å²) in [5.74, 6) is 0.346. The molecule has 2 N–H and O–H groups in total. The van der Waals surface area contributed by atoms with Gasteiger partial charge < -0.3 is 6.41 Å². The van der Waals surface area contributed by atoms with Crippen LogP contribution in [0.4, 0.5) is 0 Å². The second-order valence-electron chi connectivity index (χ2n) is 3.09. The largest absolute Gasteiger partial charge is 1.00 e. The summed E-state index contributed by atoms with van der Waals surface area (Å²) in [5.41, 5.74) is 0.667. The number of imidazole rings is 1. The maximum Gasteiger partial charge on any atom is 1.00 e. The van der Waals surface area contributed by atoms with E-state index < -0.39 is 10.1 Å². The van der Waals surface area contributed by atoms with E-state index in [0.717, 1.165) is 6.20 Å². The van der Waals surface area contributed by atoms with Gasteiger partial charge in [0.1, 0.15) is 5.82 Å². The molecule has 0 bridgehead atoms. The first-order valence-electron chi connectivity index (χ1n) is 4.29. The average molecular weight is 280 g/mol. The van der Waals surface area contributed by atoms with Crippen LogP contribution in [0.1, 0.15) is 1.43 Å². The number of nitrogens with one attached hydrogen (secondary N) is 1. The molecule has 0 unspecified atom stereocenters. The van der Waals surface area contributed by atoms with E-state index in [1.54, 1.807) is 24.3 Å². The van der Waals surface area contributed by atoms with Gasteiger partial charge in [0, 0.05) is 10.5 Å². The van der Waals surface area contributed by atoms with Crippen LogP contribution in [-0.4, -0.2) is 22.9 Å². The van der Waals surface area contributed by atoms with Gasteiger partial charge in [-0.05, 0) is 6.07 Å². The molecule has 2 rings (SSSR count). The van der Waals surface area contributed by atoms with E-state index in [-0.39, 0.29) is 36.0 Å². The number of rotatable bonds is 2. The van der Waals surface area contributed by atoms with Crippen molar-refractivity contribution < 1.29 is 44.0 Å². The average Bonchev–Trinajstić information content (AvgIpc) is 2.66. The van der Waals surface area contributed by atoms with Crippen LogP contribution in [0, 0.1) is 0 Å². The molecule has 1 aromatic heterocycles. The van der Waals surface area contributed by atoms with Crippen LogP contribution in [0.2, 0.25) is 0 Å². The number of thiol groups is 1. The SMILES string of the molecule is O=S(=O)(O)c1cnc(-c2ccccc2S)[nH]1.[H-].[Na+]. The number of nitrogens with zero attached hydrogens (tertiary/aromatic N) is 1. The Morgan fingerprint density at radius 3 is 2.53 bits per heavy atom. The number of hydrogen-bond acceptors (Lipinski definition) is 4. The van der Waals surface area contributed by atoms with Crippen LogP contribution in [0.25, 0.3) is 11.4 Å². The molecule has 0 atom stereocenters. The third-order valence-electron chi connectivity index (χ3n) is 1.99. The molecule has 0 aliphatic carbocycles. The molecular weight excluding hydrogens is 271 g/mol. The van der Waals surface area contributed by atoms with Crippen LogP contribution in [0.3, 0.4) is 0 Å². The summed E-state index contributed by atoms with van der Waals surface area (Å²) in [6.07, 6.45) is 1.06. The van der Waals surface area contributed by atoms with Crippen molar-refractivity contribution >= 4 is 22.7 Å². The number of aromatic amines is 1. The summed E-state index contributed by atoms with van der Waals surface area (Å²) >= 11 is 4.22. The molecule has 0 radical (unpaired) electrons. The molecule has 0 saturated heterocycles. The maximum atomic E-state index is 10.8. The monoisotopic (exact) mass is 280 g/mol. The van der Waals surface area contributed by atoms with Gasteiger partial charge in [-0.2, -0.15) is 8.42 Å². The van der Waals surface area contributed by atoms with Gasteiger partial charge in [-0.25, -0.2) is 4.98 Å². The molecule has 0 aliphatic heterocycles. The molecule has 17 heavy (non-hydrogen) atoms. The molecule has 86 valence electrons. The van der Waals surface area contributed by atoms with E-state index in [9.17, 15) is 8.42 Å². The van der Waals surface area contributed by atoms with E-state index in [2.05, 4.69) is 22.6 Å². The fraction of sp³-hybridized carbons (Fsp3) is 0. The van der Waals surface area contributed by atoms with E-state index in [0.29, 0.717) is 16.3 Å². The topological polar surface area (TPSA) is 83.1 Å². The van der Waals surface area contributed by atoms with Crippen LogP contribution in [-0.2, 0) is 10.1 Å². The molecule has 8 heteroatoms. The summed E-state index contributed by atoms with van der Waals surface area (Å²) in [4.78, 5) is 7.05. The van der Waals surface area contributed by atoms with Gasteiger partial charge in [0.25, 0.3) is 0 Å². The van der Waals surface area contributed by atoms with Crippen molar-refractivity contribution in [2.45, 2.75) is 9.92 Å². The van der Waals surface area contributed by atoms with Crippen molar-refractivity contribution in [3.05, 3.63) is 30.5 Å². The minimum Gasteiger partial charge on any atom is -1.00 e. The van der Waals surface area contributed by atoms with Crippen molar-refractivity contribution in [2.24, 2.45) is 0 Å². The van der Waals surface area contributed by atoms with E-state index in [4.69, 9.17) is 4.55 Å². The summed E-state index contributed by atoms with van der Waals surface area (Å²) in [6.45, 7) is 0. The van der Waals surface area contributed by atoms with E-state index >= 15 is 0 Å². The van der Waals surface area contributed by atoms with Gasteiger partial charge in [-0.1, -0.05) is 18.2 Å². The zero-order valence-electron chi connectivity index (χ0n) is 9.95.